The minimum Gasteiger partial charge on any atom is -0.316 e. The quantitative estimate of drug-likeness (QED) is 0.849. The molecule has 0 atom stereocenters. The first-order valence-electron chi connectivity index (χ1n) is 5.76. The average Bonchev–Trinajstić information content (AvgIpc) is 2.79. The average molecular weight is 227 g/mol. The molecule has 0 radical (unpaired) electrons. The van der Waals surface area contributed by atoms with Crippen molar-refractivity contribution in [1.82, 2.24) is 15.1 Å². The molecule has 3 nitrogen and oxygen atoms in total. The van der Waals surface area contributed by atoms with Gasteiger partial charge in [0.15, 0.2) is 0 Å². The number of hydrogen-bond donors (Lipinski definition) is 1. The normalized spacial score (nSPS) is 11.1. The van der Waals surface area contributed by atoms with Crippen LogP contribution in [-0.4, -0.2) is 16.8 Å². The number of rotatable bonds is 5. The molecule has 1 aromatic heterocycles. The van der Waals surface area contributed by atoms with Gasteiger partial charge in [-0.3, -0.25) is 4.68 Å². The van der Waals surface area contributed by atoms with Crippen molar-refractivity contribution in [2.75, 3.05) is 7.05 Å². The van der Waals surface area contributed by atoms with Gasteiger partial charge in [0.25, 0.3) is 0 Å². The fourth-order valence-electron chi connectivity index (χ4n) is 1.66. The van der Waals surface area contributed by atoms with Crippen molar-refractivity contribution in [3.8, 4) is 0 Å². The van der Waals surface area contributed by atoms with Gasteiger partial charge in [-0.15, -0.1) is 0 Å². The highest BCUT2D eigenvalue weighted by Gasteiger charge is 1.94. The summed E-state index contributed by atoms with van der Waals surface area (Å²) in [5.41, 5.74) is 2.43. The van der Waals surface area contributed by atoms with Crippen LogP contribution in [0.2, 0.25) is 0 Å². The predicted molar refractivity (Wildman–Crippen MR) is 70.5 cm³/mol. The van der Waals surface area contributed by atoms with Crippen LogP contribution in [0.4, 0.5) is 0 Å². The Bertz CT molecular complexity index is 471. The highest BCUT2D eigenvalue weighted by Crippen LogP contribution is 2.02. The summed E-state index contributed by atoms with van der Waals surface area (Å²) < 4.78 is 1.94. The van der Waals surface area contributed by atoms with Crippen LogP contribution in [0, 0.1) is 0 Å². The SMILES string of the molecule is CNCc1cnn(CC=Cc2ccccc2)c1. The summed E-state index contributed by atoms with van der Waals surface area (Å²) in [6.45, 7) is 1.67. The molecule has 1 N–H and O–H groups in total. The Balaban J connectivity index is 1.91. The maximum Gasteiger partial charge on any atom is 0.0593 e. The van der Waals surface area contributed by atoms with E-state index in [1.165, 1.54) is 11.1 Å². The molecular weight excluding hydrogens is 210 g/mol. The lowest BCUT2D eigenvalue weighted by Gasteiger charge is -1.95. The molecule has 3 heteroatoms. The third kappa shape index (κ3) is 3.57. The van der Waals surface area contributed by atoms with Crippen molar-refractivity contribution in [3.05, 3.63) is 59.9 Å². The minimum atomic E-state index is 0.804. The van der Waals surface area contributed by atoms with E-state index in [1.807, 2.05) is 36.1 Å². The van der Waals surface area contributed by atoms with E-state index < -0.39 is 0 Å². The summed E-state index contributed by atoms with van der Waals surface area (Å²) in [5, 5.41) is 7.40. The van der Waals surface area contributed by atoms with Gasteiger partial charge < -0.3 is 5.32 Å². The number of nitrogens with one attached hydrogen (secondary N) is 1. The van der Waals surface area contributed by atoms with Gasteiger partial charge in [-0.2, -0.15) is 5.10 Å². The summed E-state index contributed by atoms with van der Waals surface area (Å²) in [5.74, 6) is 0. The summed E-state index contributed by atoms with van der Waals surface area (Å²) in [7, 11) is 1.94. The summed E-state index contributed by atoms with van der Waals surface area (Å²) >= 11 is 0. The second-order valence-electron chi connectivity index (χ2n) is 3.91. The second-order valence-corrected chi connectivity index (χ2v) is 3.91. The van der Waals surface area contributed by atoms with Crippen molar-refractivity contribution in [2.45, 2.75) is 13.1 Å². The smallest absolute Gasteiger partial charge is 0.0593 e. The molecule has 2 aromatic rings. The van der Waals surface area contributed by atoms with Gasteiger partial charge in [-0.05, 0) is 12.6 Å². The van der Waals surface area contributed by atoms with Crippen LogP contribution in [0.15, 0.2) is 48.8 Å². The molecule has 2 rings (SSSR count). The molecular formula is C14H17N3. The van der Waals surface area contributed by atoms with E-state index in [0.29, 0.717) is 0 Å². The number of hydrogen-bond acceptors (Lipinski definition) is 2. The molecule has 17 heavy (non-hydrogen) atoms. The molecule has 1 heterocycles. The molecule has 0 amide bonds. The summed E-state index contributed by atoms with van der Waals surface area (Å²) in [6, 6.07) is 10.3. The van der Waals surface area contributed by atoms with Gasteiger partial charge in [0.05, 0.1) is 12.7 Å². The Kier molecular flexibility index (Phi) is 4.11. The first kappa shape index (κ1) is 11.6. The van der Waals surface area contributed by atoms with E-state index in [-0.39, 0.29) is 0 Å². The highest BCUT2D eigenvalue weighted by molar-refractivity contribution is 5.48. The third-order valence-electron chi connectivity index (χ3n) is 2.47. The molecule has 0 aliphatic carbocycles. The molecule has 0 spiro atoms. The maximum absolute atomic E-state index is 4.29. The number of benzene rings is 1. The zero-order chi connectivity index (χ0) is 11.9. The molecule has 88 valence electrons. The van der Waals surface area contributed by atoms with Gasteiger partial charge in [-0.25, -0.2) is 0 Å². The van der Waals surface area contributed by atoms with E-state index in [2.05, 4.69) is 40.9 Å². The van der Waals surface area contributed by atoms with E-state index in [0.717, 1.165) is 13.1 Å². The van der Waals surface area contributed by atoms with E-state index in [1.54, 1.807) is 0 Å². The van der Waals surface area contributed by atoms with Crippen molar-refractivity contribution in [3.63, 3.8) is 0 Å². The van der Waals surface area contributed by atoms with Gasteiger partial charge in [0.2, 0.25) is 0 Å². The van der Waals surface area contributed by atoms with Crippen molar-refractivity contribution < 1.29 is 0 Å². The first-order valence-corrected chi connectivity index (χ1v) is 5.76. The van der Waals surface area contributed by atoms with Gasteiger partial charge in [0.1, 0.15) is 0 Å². The number of nitrogens with zero attached hydrogens (tertiary/aromatic N) is 2. The summed E-state index contributed by atoms with van der Waals surface area (Å²) in [4.78, 5) is 0. The van der Waals surface area contributed by atoms with E-state index in [4.69, 9.17) is 0 Å². The van der Waals surface area contributed by atoms with Gasteiger partial charge in [-0.1, -0.05) is 42.5 Å². The van der Waals surface area contributed by atoms with Crippen LogP contribution in [0.25, 0.3) is 6.08 Å². The highest BCUT2D eigenvalue weighted by atomic mass is 15.3. The third-order valence-corrected chi connectivity index (χ3v) is 2.47. The maximum atomic E-state index is 4.29. The topological polar surface area (TPSA) is 29.9 Å². The zero-order valence-corrected chi connectivity index (χ0v) is 10.0. The van der Waals surface area contributed by atoms with Crippen LogP contribution in [-0.2, 0) is 13.1 Å². The van der Waals surface area contributed by atoms with Gasteiger partial charge >= 0.3 is 0 Å². The molecule has 0 bridgehead atoms. The van der Waals surface area contributed by atoms with Crippen molar-refractivity contribution in [2.24, 2.45) is 0 Å². The Labute approximate surface area is 102 Å². The lowest BCUT2D eigenvalue weighted by molar-refractivity contribution is 0.701. The second kappa shape index (κ2) is 6.01. The van der Waals surface area contributed by atoms with Crippen LogP contribution < -0.4 is 5.32 Å². The molecule has 0 fully saturated rings. The standard InChI is InChI=1S/C14H17N3/c1-15-10-14-11-16-17(12-14)9-5-8-13-6-3-2-4-7-13/h2-8,11-12,15H,9-10H2,1H3. The summed E-state index contributed by atoms with van der Waals surface area (Å²) in [6.07, 6.45) is 8.18. The fraction of sp³-hybridized carbons (Fsp3) is 0.214. The van der Waals surface area contributed by atoms with Gasteiger partial charge in [0, 0.05) is 18.3 Å². The zero-order valence-electron chi connectivity index (χ0n) is 10.0. The van der Waals surface area contributed by atoms with Crippen LogP contribution in [0.3, 0.4) is 0 Å². The molecule has 0 aliphatic rings. The predicted octanol–water partition coefficient (Wildman–Crippen LogP) is 2.32. The Hall–Kier alpha value is -1.87. The molecule has 0 saturated heterocycles. The molecule has 1 aromatic carbocycles. The van der Waals surface area contributed by atoms with Crippen molar-refractivity contribution >= 4 is 6.08 Å². The molecule has 0 unspecified atom stereocenters. The van der Waals surface area contributed by atoms with Crippen LogP contribution in [0.1, 0.15) is 11.1 Å². The lowest BCUT2D eigenvalue weighted by Crippen LogP contribution is -2.03. The largest absolute Gasteiger partial charge is 0.316 e. The van der Waals surface area contributed by atoms with Crippen molar-refractivity contribution in [1.29, 1.82) is 0 Å². The Morgan fingerprint density at radius 1 is 1.29 bits per heavy atom. The Morgan fingerprint density at radius 2 is 2.12 bits per heavy atom. The van der Waals surface area contributed by atoms with Crippen LogP contribution >= 0.6 is 0 Å². The van der Waals surface area contributed by atoms with E-state index in [9.17, 15) is 0 Å². The monoisotopic (exact) mass is 227 g/mol. The van der Waals surface area contributed by atoms with Crippen LogP contribution in [0.5, 0.6) is 0 Å². The number of aromatic nitrogens is 2. The first-order chi connectivity index (χ1) is 8.38. The Morgan fingerprint density at radius 3 is 2.88 bits per heavy atom. The fourth-order valence-corrected chi connectivity index (χ4v) is 1.66. The molecule has 0 aliphatic heterocycles. The van der Waals surface area contributed by atoms with E-state index >= 15 is 0 Å². The molecule has 0 saturated carbocycles. The lowest BCUT2D eigenvalue weighted by atomic mass is 10.2. The number of allylic oxidation sites excluding steroid dienone is 1. The minimum absolute atomic E-state index is 0.804.